The predicted octanol–water partition coefficient (Wildman–Crippen LogP) is 0.174. The van der Waals surface area contributed by atoms with E-state index in [0.717, 1.165) is 0 Å². The first-order valence-corrected chi connectivity index (χ1v) is 3.92. The molecule has 15 heavy (non-hydrogen) atoms. The van der Waals surface area contributed by atoms with Crippen LogP contribution in [-0.4, -0.2) is 25.4 Å². The Morgan fingerprint density at radius 2 is 2.07 bits per heavy atom. The van der Waals surface area contributed by atoms with Crippen LogP contribution in [0.2, 0.25) is 0 Å². The first kappa shape index (κ1) is 8.99. The van der Waals surface area contributed by atoms with Crippen molar-refractivity contribution in [2.24, 2.45) is 10.2 Å². The fraction of sp³-hybridized carbons (Fsp3) is 0. The van der Waals surface area contributed by atoms with Gasteiger partial charge in [0, 0.05) is 0 Å². The maximum absolute atomic E-state index is 5.50. The summed E-state index contributed by atoms with van der Waals surface area (Å²) in [5, 5.41) is 20.7. The Bertz CT molecular complexity index is 453. The summed E-state index contributed by atoms with van der Waals surface area (Å²) in [6.45, 7) is 0. The van der Waals surface area contributed by atoms with Crippen molar-refractivity contribution < 1.29 is 0 Å². The number of anilines is 2. The van der Waals surface area contributed by atoms with E-state index in [4.69, 9.17) is 11.5 Å². The summed E-state index contributed by atoms with van der Waals surface area (Å²) >= 11 is 0. The standard InChI is InChI=1S/C6H7N9/c7-4-3(5(8)13-12-4)11-15-6-9-1-2-10-14-6/h1-2H,(H5,7,8,12,13). The number of aromatic amines is 1. The summed E-state index contributed by atoms with van der Waals surface area (Å²) in [5.41, 5.74) is 11.2. The molecule has 9 heteroatoms. The maximum Gasteiger partial charge on any atom is 0.287 e. The molecule has 5 N–H and O–H groups in total. The number of nitrogens with two attached hydrogens (primary N) is 2. The van der Waals surface area contributed by atoms with E-state index in [9.17, 15) is 0 Å². The van der Waals surface area contributed by atoms with Crippen LogP contribution in [0, 0.1) is 0 Å². The molecular formula is C6H7N9. The Labute approximate surface area is 83.6 Å². The van der Waals surface area contributed by atoms with E-state index in [1.165, 1.54) is 12.4 Å². The van der Waals surface area contributed by atoms with Crippen molar-refractivity contribution in [3.8, 4) is 0 Å². The largest absolute Gasteiger partial charge is 0.382 e. The Morgan fingerprint density at radius 1 is 1.20 bits per heavy atom. The molecule has 0 aliphatic rings. The van der Waals surface area contributed by atoms with Crippen LogP contribution in [0.25, 0.3) is 0 Å². The molecule has 0 aliphatic carbocycles. The smallest absolute Gasteiger partial charge is 0.287 e. The number of hydrogen-bond donors (Lipinski definition) is 3. The molecule has 0 saturated carbocycles. The van der Waals surface area contributed by atoms with E-state index < -0.39 is 0 Å². The highest BCUT2D eigenvalue weighted by Crippen LogP contribution is 2.26. The van der Waals surface area contributed by atoms with E-state index in [1.807, 2.05) is 0 Å². The lowest BCUT2D eigenvalue weighted by atomic mass is 10.5. The zero-order valence-electron chi connectivity index (χ0n) is 7.49. The molecule has 0 aliphatic heterocycles. The van der Waals surface area contributed by atoms with Crippen LogP contribution in [0.4, 0.5) is 23.3 Å². The van der Waals surface area contributed by atoms with E-state index in [0.29, 0.717) is 0 Å². The molecule has 76 valence electrons. The highest BCUT2D eigenvalue weighted by molar-refractivity contribution is 5.70. The van der Waals surface area contributed by atoms with Gasteiger partial charge in [-0.05, 0) is 0 Å². The molecule has 0 bridgehead atoms. The number of rotatable bonds is 2. The predicted molar refractivity (Wildman–Crippen MR) is 51.4 cm³/mol. The van der Waals surface area contributed by atoms with Crippen molar-refractivity contribution >= 4 is 23.3 Å². The van der Waals surface area contributed by atoms with E-state index >= 15 is 0 Å². The van der Waals surface area contributed by atoms with Crippen molar-refractivity contribution in [3.05, 3.63) is 12.4 Å². The topological polar surface area (TPSA) is 144 Å². The zero-order valence-corrected chi connectivity index (χ0v) is 7.49. The van der Waals surface area contributed by atoms with Gasteiger partial charge in [0.2, 0.25) is 0 Å². The fourth-order valence-corrected chi connectivity index (χ4v) is 0.851. The summed E-state index contributed by atoms with van der Waals surface area (Å²) in [6, 6.07) is 0. The summed E-state index contributed by atoms with van der Waals surface area (Å²) in [4.78, 5) is 3.79. The van der Waals surface area contributed by atoms with Crippen molar-refractivity contribution in [1.29, 1.82) is 0 Å². The third-order valence-electron chi connectivity index (χ3n) is 1.50. The van der Waals surface area contributed by atoms with Gasteiger partial charge in [-0.1, -0.05) is 0 Å². The summed E-state index contributed by atoms with van der Waals surface area (Å²) in [6.07, 6.45) is 2.88. The SMILES string of the molecule is Nc1n[nH]c(N)c1N=Nc1nccnn1. The maximum atomic E-state index is 5.50. The van der Waals surface area contributed by atoms with Gasteiger partial charge in [-0.2, -0.15) is 10.2 Å². The minimum Gasteiger partial charge on any atom is -0.382 e. The number of nitrogens with one attached hydrogen (secondary N) is 1. The highest BCUT2D eigenvalue weighted by Gasteiger charge is 2.06. The van der Waals surface area contributed by atoms with Gasteiger partial charge in [-0.3, -0.25) is 5.10 Å². The van der Waals surface area contributed by atoms with E-state index in [2.05, 4.69) is 35.6 Å². The van der Waals surface area contributed by atoms with Crippen molar-refractivity contribution in [3.63, 3.8) is 0 Å². The zero-order chi connectivity index (χ0) is 10.7. The minimum absolute atomic E-state index is 0.123. The third kappa shape index (κ3) is 1.85. The van der Waals surface area contributed by atoms with Crippen LogP contribution >= 0.6 is 0 Å². The molecule has 0 aromatic carbocycles. The van der Waals surface area contributed by atoms with Crippen molar-refractivity contribution in [2.75, 3.05) is 11.5 Å². The van der Waals surface area contributed by atoms with Crippen LogP contribution in [0.5, 0.6) is 0 Å². The Hall–Kier alpha value is -2.58. The average Bonchev–Trinajstić information content (AvgIpc) is 2.58. The second-order valence-electron chi connectivity index (χ2n) is 2.51. The average molecular weight is 205 g/mol. The Balaban J connectivity index is 2.26. The lowest BCUT2D eigenvalue weighted by molar-refractivity contribution is 0.940. The van der Waals surface area contributed by atoms with Gasteiger partial charge in [0.25, 0.3) is 5.95 Å². The molecule has 0 radical (unpaired) electrons. The summed E-state index contributed by atoms with van der Waals surface area (Å²) in [7, 11) is 0. The van der Waals surface area contributed by atoms with Crippen LogP contribution in [0.3, 0.4) is 0 Å². The van der Waals surface area contributed by atoms with Gasteiger partial charge in [0.15, 0.2) is 11.5 Å². The molecule has 2 heterocycles. The van der Waals surface area contributed by atoms with Gasteiger partial charge < -0.3 is 11.5 Å². The number of azo groups is 1. The van der Waals surface area contributed by atoms with Crippen LogP contribution in [-0.2, 0) is 0 Å². The van der Waals surface area contributed by atoms with Crippen LogP contribution in [0.15, 0.2) is 22.6 Å². The summed E-state index contributed by atoms with van der Waals surface area (Å²) < 4.78 is 0. The number of nitrogens with zero attached hydrogens (tertiary/aromatic N) is 6. The molecule has 0 fully saturated rings. The number of aromatic nitrogens is 5. The molecule has 0 amide bonds. The lowest BCUT2D eigenvalue weighted by Crippen LogP contribution is -1.85. The van der Waals surface area contributed by atoms with Gasteiger partial charge in [0.05, 0.1) is 12.4 Å². The van der Waals surface area contributed by atoms with Crippen molar-refractivity contribution in [1.82, 2.24) is 25.4 Å². The second-order valence-corrected chi connectivity index (χ2v) is 2.51. The van der Waals surface area contributed by atoms with Gasteiger partial charge in [-0.15, -0.1) is 15.3 Å². The first-order valence-electron chi connectivity index (χ1n) is 3.92. The lowest BCUT2D eigenvalue weighted by Gasteiger charge is -1.89. The molecule has 0 spiro atoms. The first-order chi connectivity index (χ1) is 7.27. The van der Waals surface area contributed by atoms with E-state index in [1.54, 1.807) is 0 Å². The van der Waals surface area contributed by atoms with Gasteiger partial charge >= 0.3 is 0 Å². The number of hydrogen-bond acceptors (Lipinski definition) is 8. The molecule has 2 rings (SSSR count). The van der Waals surface area contributed by atoms with Gasteiger partial charge in [-0.25, -0.2) is 4.98 Å². The second kappa shape index (κ2) is 3.65. The normalized spacial score (nSPS) is 10.9. The minimum atomic E-state index is 0.123. The van der Waals surface area contributed by atoms with Crippen molar-refractivity contribution in [2.45, 2.75) is 0 Å². The van der Waals surface area contributed by atoms with Crippen LogP contribution < -0.4 is 11.5 Å². The number of nitrogen functional groups attached to an aromatic ring is 2. The fourth-order valence-electron chi connectivity index (χ4n) is 0.851. The van der Waals surface area contributed by atoms with E-state index in [-0.39, 0.29) is 23.3 Å². The molecule has 9 nitrogen and oxygen atoms in total. The Kier molecular flexibility index (Phi) is 2.19. The molecule has 0 saturated heterocycles. The molecule has 2 aromatic heterocycles. The molecular weight excluding hydrogens is 198 g/mol. The van der Waals surface area contributed by atoms with Crippen LogP contribution in [0.1, 0.15) is 0 Å². The third-order valence-corrected chi connectivity index (χ3v) is 1.50. The van der Waals surface area contributed by atoms with Gasteiger partial charge in [0.1, 0.15) is 5.82 Å². The quantitative estimate of drug-likeness (QED) is 0.596. The summed E-state index contributed by atoms with van der Waals surface area (Å²) in [5.74, 6) is 0.526. The number of H-pyrrole nitrogens is 1. The monoisotopic (exact) mass is 205 g/mol. The molecule has 0 unspecified atom stereocenters. The molecule has 2 aromatic rings. The highest BCUT2D eigenvalue weighted by atomic mass is 15.3. The Morgan fingerprint density at radius 3 is 2.67 bits per heavy atom. The molecule has 0 atom stereocenters.